The molecule has 0 amide bonds. The van der Waals surface area contributed by atoms with Crippen molar-refractivity contribution in [3.63, 3.8) is 0 Å². The predicted molar refractivity (Wildman–Crippen MR) is 93.8 cm³/mol. The van der Waals surface area contributed by atoms with E-state index in [-0.39, 0.29) is 11.8 Å². The van der Waals surface area contributed by atoms with Crippen LogP contribution in [-0.4, -0.2) is 39.0 Å². The zero-order valence-electron chi connectivity index (χ0n) is 12.5. The van der Waals surface area contributed by atoms with Gasteiger partial charge >= 0.3 is 0 Å². The van der Waals surface area contributed by atoms with Crippen molar-refractivity contribution in [1.29, 1.82) is 0 Å². The molecule has 2 N–H and O–H groups in total. The summed E-state index contributed by atoms with van der Waals surface area (Å²) in [4.78, 5) is 5.69. The number of hydrogen-bond acceptors (Lipinski definition) is 4. The highest BCUT2D eigenvalue weighted by Crippen LogP contribution is 2.20. The van der Waals surface area contributed by atoms with Gasteiger partial charge in [0.2, 0.25) is 0 Å². The number of hydrogen-bond donors (Lipinski definition) is 2. The van der Waals surface area contributed by atoms with Crippen LogP contribution in [0, 0.1) is 0 Å². The van der Waals surface area contributed by atoms with Crippen LogP contribution in [0.4, 0.5) is 0 Å². The van der Waals surface area contributed by atoms with Crippen molar-refractivity contribution in [2.24, 2.45) is 4.99 Å². The molecule has 0 saturated carbocycles. The maximum Gasteiger partial charge on any atom is 0.191 e. The first-order valence-electron chi connectivity index (χ1n) is 6.75. The number of nitrogens with one attached hydrogen (secondary N) is 2. The Labute approximate surface area is 139 Å². The molecule has 1 atom stereocenters. The van der Waals surface area contributed by atoms with Crippen molar-refractivity contribution in [1.82, 2.24) is 10.6 Å². The molecule has 0 aliphatic rings. The summed E-state index contributed by atoms with van der Waals surface area (Å²) in [6.45, 7) is 5.32. The van der Waals surface area contributed by atoms with Crippen LogP contribution in [-0.2, 0) is 16.4 Å². The van der Waals surface area contributed by atoms with Gasteiger partial charge in [0.25, 0.3) is 0 Å². The van der Waals surface area contributed by atoms with E-state index in [0.29, 0.717) is 18.9 Å². The number of sulfone groups is 1. The van der Waals surface area contributed by atoms with Crippen LogP contribution in [0.1, 0.15) is 25.1 Å². The summed E-state index contributed by atoms with van der Waals surface area (Å²) in [5, 5.41) is 8.43. The monoisotopic (exact) mass is 395 g/mol. The van der Waals surface area contributed by atoms with Crippen LogP contribution >= 0.6 is 27.3 Å². The van der Waals surface area contributed by atoms with E-state index in [1.54, 1.807) is 11.3 Å². The smallest absolute Gasteiger partial charge is 0.191 e. The molecule has 5 nitrogen and oxygen atoms in total. The van der Waals surface area contributed by atoms with Gasteiger partial charge in [0, 0.05) is 33.6 Å². The molecule has 8 heteroatoms. The standard InChI is InChI=1S/C13H22BrN3O2S2/c1-4-15-13(16-8-12-7-11(14)9-20-12)17-10(2)5-6-21(3,18)19/h7,9-10H,4-6,8H2,1-3H3,(H2,15,16,17). The molecule has 21 heavy (non-hydrogen) atoms. The maximum atomic E-state index is 11.2. The Bertz CT molecular complexity index is 570. The number of thiophene rings is 1. The van der Waals surface area contributed by atoms with Crippen LogP contribution in [0.3, 0.4) is 0 Å². The van der Waals surface area contributed by atoms with Gasteiger partial charge in [-0.2, -0.15) is 0 Å². The van der Waals surface area contributed by atoms with E-state index in [9.17, 15) is 8.42 Å². The van der Waals surface area contributed by atoms with Crippen LogP contribution < -0.4 is 10.6 Å². The molecule has 0 bridgehead atoms. The van der Waals surface area contributed by atoms with Crippen molar-refractivity contribution in [3.05, 3.63) is 20.8 Å². The molecular weight excluding hydrogens is 374 g/mol. The van der Waals surface area contributed by atoms with Crippen molar-refractivity contribution < 1.29 is 8.42 Å². The number of nitrogens with zero attached hydrogens (tertiary/aromatic N) is 1. The van der Waals surface area contributed by atoms with Crippen molar-refractivity contribution >= 4 is 43.1 Å². The molecule has 1 unspecified atom stereocenters. The Balaban J connectivity index is 2.55. The third-order valence-electron chi connectivity index (χ3n) is 2.66. The summed E-state index contributed by atoms with van der Waals surface area (Å²) in [7, 11) is -2.92. The largest absolute Gasteiger partial charge is 0.357 e. The van der Waals surface area contributed by atoms with Gasteiger partial charge in [0.15, 0.2) is 5.96 Å². The molecule has 0 aliphatic carbocycles. The summed E-state index contributed by atoms with van der Waals surface area (Å²) in [5.74, 6) is 0.890. The Hall–Kier alpha value is -0.600. The third kappa shape index (κ3) is 8.43. The first kappa shape index (κ1) is 18.4. The lowest BCUT2D eigenvalue weighted by molar-refractivity contribution is 0.581. The minimum atomic E-state index is -2.92. The molecule has 0 aromatic carbocycles. The van der Waals surface area contributed by atoms with Crippen LogP contribution in [0.25, 0.3) is 0 Å². The number of rotatable bonds is 7. The van der Waals surface area contributed by atoms with Crippen LogP contribution in [0.5, 0.6) is 0 Å². The topological polar surface area (TPSA) is 70.6 Å². The summed E-state index contributed by atoms with van der Waals surface area (Å²) in [6, 6.07) is 2.10. The lowest BCUT2D eigenvalue weighted by atomic mass is 10.3. The van der Waals surface area contributed by atoms with Crippen molar-refractivity contribution in [3.8, 4) is 0 Å². The lowest BCUT2D eigenvalue weighted by Gasteiger charge is -2.17. The average molecular weight is 396 g/mol. The van der Waals surface area contributed by atoms with E-state index < -0.39 is 9.84 Å². The zero-order chi connectivity index (χ0) is 15.9. The normalized spacial score (nSPS) is 14.0. The highest BCUT2D eigenvalue weighted by Gasteiger charge is 2.09. The molecule has 1 heterocycles. The molecule has 0 aliphatic heterocycles. The zero-order valence-corrected chi connectivity index (χ0v) is 15.7. The molecule has 120 valence electrons. The molecule has 1 aromatic rings. The minimum Gasteiger partial charge on any atom is -0.357 e. The van der Waals surface area contributed by atoms with Gasteiger partial charge in [-0.15, -0.1) is 11.3 Å². The maximum absolute atomic E-state index is 11.2. The van der Waals surface area contributed by atoms with Gasteiger partial charge in [-0.25, -0.2) is 13.4 Å². The Morgan fingerprint density at radius 3 is 2.76 bits per heavy atom. The molecule has 1 rings (SSSR count). The second kappa shape index (κ2) is 8.75. The molecule has 0 radical (unpaired) electrons. The quantitative estimate of drug-likeness (QED) is 0.549. The van der Waals surface area contributed by atoms with Crippen molar-refractivity contribution in [2.75, 3.05) is 18.6 Å². The van der Waals surface area contributed by atoms with Crippen LogP contribution in [0.15, 0.2) is 20.9 Å². The van der Waals surface area contributed by atoms with E-state index in [0.717, 1.165) is 11.0 Å². The molecular formula is C13H22BrN3O2S2. The highest BCUT2D eigenvalue weighted by atomic mass is 79.9. The lowest BCUT2D eigenvalue weighted by Crippen LogP contribution is -2.42. The van der Waals surface area contributed by atoms with Crippen LogP contribution in [0.2, 0.25) is 0 Å². The van der Waals surface area contributed by atoms with E-state index in [4.69, 9.17) is 0 Å². The Morgan fingerprint density at radius 1 is 1.52 bits per heavy atom. The van der Waals surface area contributed by atoms with E-state index >= 15 is 0 Å². The molecule has 0 saturated heterocycles. The summed E-state index contributed by atoms with van der Waals surface area (Å²) in [5.41, 5.74) is 0. The predicted octanol–water partition coefficient (Wildman–Crippen LogP) is 2.39. The highest BCUT2D eigenvalue weighted by molar-refractivity contribution is 9.10. The van der Waals surface area contributed by atoms with Gasteiger partial charge in [0.05, 0.1) is 12.3 Å². The fourth-order valence-electron chi connectivity index (χ4n) is 1.61. The number of halogens is 1. The van der Waals surface area contributed by atoms with Gasteiger partial charge < -0.3 is 10.6 Å². The fraction of sp³-hybridized carbons (Fsp3) is 0.615. The van der Waals surface area contributed by atoms with Gasteiger partial charge in [0.1, 0.15) is 9.84 Å². The first-order valence-corrected chi connectivity index (χ1v) is 10.5. The van der Waals surface area contributed by atoms with E-state index in [1.165, 1.54) is 11.1 Å². The van der Waals surface area contributed by atoms with Crippen molar-refractivity contribution in [2.45, 2.75) is 32.9 Å². The number of aliphatic imine (C=N–C) groups is 1. The average Bonchev–Trinajstić information content (AvgIpc) is 2.79. The second-order valence-electron chi connectivity index (χ2n) is 4.89. The Kier molecular flexibility index (Phi) is 7.69. The van der Waals surface area contributed by atoms with Gasteiger partial charge in [-0.3, -0.25) is 0 Å². The van der Waals surface area contributed by atoms with E-state index in [2.05, 4.69) is 31.6 Å². The SMILES string of the molecule is CCNC(=NCc1cc(Br)cs1)NC(C)CCS(C)(=O)=O. The summed E-state index contributed by atoms with van der Waals surface area (Å²) < 4.78 is 23.4. The fourth-order valence-corrected chi connectivity index (χ4v) is 3.77. The molecule has 1 aromatic heterocycles. The van der Waals surface area contributed by atoms with E-state index in [1.807, 2.05) is 25.3 Å². The Morgan fingerprint density at radius 2 is 2.24 bits per heavy atom. The molecule has 0 fully saturated rings. The summed E-state index contributed by atoms with van der Waals surface area (Å²) in [6.07, 6.45) is 1.82. The first-order chi connectivity index (χ1) is 9.80. The third-order valence-corrected chi connectivity index (χ3v) is 5.32. The van der Waals surface area contributed by atoms with Gasteiger partial charge in [-0.1, -0.05) is 0 Å². The summed E-state index contributed by atoms with van der Waals surface area (Å²) >= 11 is 5.08. The minimum absolute atomic E-state index is 0.0487. The second-order valence-corrected chi connectivity index (χ2v) is 9.06. The molecule has 0 spiro atoms. The number of guanidine groups is 1. The van der Waals surface area contributed by atoms with Gasteiger partial charge in [-0.05, 0) is 42.3 Å².